The standard InChI is InChI=1S/C18H15N3OS/c1-11-4-5-14(20-10-23)8-15(11)16-7-13-9-19-12(2)6-17(13)21(3)18(16)22/h4-9H,1-3H3. The molecule has 1 aromatic carbocycles. The molecule has 0 saturated carbocycles. The fourth-order valence-electron chi connectivity index (χ4n) is 2.68. The molecule has 3 aromatic rings. The van der Waals surface area contributed by atoms with Crippen molar-refractivity contribution in [2.24, 2.45) is 12.0 Å². The van der Waals surface area contributed by atoms with Gasteiger partial charge in [-0.15, -0.1) is 0 Å². The Bertz CT molecular complexity index is 1030. The Morgan fingerprint density at radius 1 is 1.17 bits per heavy atom. The molecule has 0 atom stereocenters. The molecule has 0 aliphatic heterocycles. The Morgan fingerprint density at radius 2 is 1.96 bits per heavy atom. The van der Waals surface area contributed by atoms with Gasteiger partial charge in [-0.2, -0.15) is 4.99 Å². The first-order chi connectivity index (χ1) is 11.0. The van der Waals surface area contributed by atoms with Crippen LogP contribution >= 0.6 is 12.2 Å². The maximum absolute atomic E-state index is 12.8. The van der Waals surface area contributed by atoms with Crippen LogP contribution in [0.25, 0.3) is 22.0 Å². The summed E-state index contributed by atoms with van der Waals surface area (Å²) in [6.45, 7) is 3.88. The van der Waals surface area contributed by atoms with Gasteiger partial charge in [-0.3, -0.25) is 9.78 Å². The lowest BCUT2D eigenvalue weighted by molar-refractivity contribution is 0.905. The van der Waals surface area contributed by atoms with Gasteiger partial charge in [-0.1, -0.05) is 6.07 Å². The number of aromatic nitrogens is 2. The van der Waals surface area contributed by atoms with Gasteiger partial charge in [0.15, 0.2) is 0 Å². The second-order valence-corrected chi connectivity index (χ2v) is 5.69. The molecule has 0 saturated heterocycles. The van der Waals surface area contributed by atoms with Crippen LogP contribution in [0, 0.1) is 13.8 Å². The van der Waals surface area contributed by atoms with E-state index in [2.05, 4.69) is 27.4 Å². The molecular formula is C18H15N3OS. The van der Waals surface area contributed by atoms with Crippen LogP contribution in [0.3, 0.4) is 0 Å². The second kappa shape index (κ2) is 5.88. The van der Waals surface area contributed by atoms with Crippen LogP contribution in [0.4, 0.5) is 5.69 Å². The number of benzene rings is 1. The van der Waals surface area contributed by atoms with E-state index >= 15 is 0 Å². The highest BCUT2D eigenvalue weighted by atomic mass is 32.1. The first kappa shape index (κ1) is 15.3. The molecule has 2 aromatic heterocycles. The summed E-state index contributed by atoms with van der Waals surface area (Å²) in [7, 11) is 1.78. The highest BCUT2D eigenvalue weighted by Crippen LogP contribution is 2.27. The van der Waals surface area contributed by atoms with Crippen molar-refractivity contribution >= 4 is 34.0 Å². The molecule has 0 aliphatic rings. The molecule has 0 radical (unpaired) electrons. The number of isothiocyanates is 1. The number of pyridine rings is 2. The van der Waals surface area contributed by atoms with Crippen LogP contribution in [0.15, 0.2) is 46.3 Å². The van der Waals surface area contributed by atoms with E-state index in [4.69, 9.17) is 0 Å². The number of hydrogen-bond donors (Lipinski definition) is 0. The average molecular weight is 321 g/mol. The van der Waals surface area contributed by atoms with E-state index in [1.807, 2.05) is 44.2 Å². The molecule has 23 heavy (non-hydrogen) atoms. The zero-order valence-electron chi connectivity index (χ0n) is 13.1. The second-order valence-electron chi connectivity index (χ2n) is 5.51. The van der Waals surface area contributed by atoms with Gasteiger partial charge < -0.3 is 4.57 Å². The molecule has 5 heteroatoms. The van der Waals surface area contributed by atoms with Gasteiger partial charge >= 0.3 is 0 Å². The zero-order valence-corrected chi connectivity index (χ0v) is 13.9. The van der Waals surface area contributed by atoms with Gasteiger partial charge in [0.2, 0.25) is 0 Å². The summed E-state index contributed by atoms with van der Waals surface area (Å²) in [5.41, 5.74) is 4.87. The number of fused-ring (bicyclic) bond motifs is 1. The maximum Gasteiger partial charge on any atom is 0.258 e. The fourth-order valence-corrected chi connectivity index (χ4v) is 2.79. The molecule has 0 fully saturated rings. The molecule has 2 heterocycles. The number of rotatable bonds is 2. The van der Waals surface area contributed by atoms with E-state index in [0.29, 0.717) is 11.3 Å². The normalized spacial score (nSPS) is 10.6. The lowest BCUT2D eigenvalue weighted by Gasteiger charge is -2.11. The molecule has 0 spiro atoms. The van der Waals surface area contributed by atoms with Gasteiger partial charge in [-0.05, 0) is 61.5 Å². The Balaban J connectivity index is 2.35. The van der Waals surface area contributed by atoms with Crippen LogP contribution in [0.5, 0.6) is 0 Å². The highest BCUT2D eigenvalue weighted by Gasteiger charge is 2.12. The van der Waals surface area contributed by atoms with Crippen LogP contribution in [0.1, 0.15) is 11.3 Å². The van der Waals surface area contributed by atoms with E-state index in [1.54, 1.807) is 17.8 Å². The summed E-state index contributed by atoms with van der Waals surface area (Å²) in [6, 6.07) is 9.45. The number of aliphatic imine (C=N–C) groups is 1. The molecule has 4 nitrogen and oxygen atoms in total. The van der Waals surface area contributed by atoms with Crippen molar-refractivity contribution < 1.29 is 0 Å². The molecule has 0 amide bonds. The SMILES string of the molecule is Cc1cc2c(cn1)cc(-c1cc(N=C=S)ccc1C)c(=O)n2C. The molecule has 114 valence electrons. The maximum atomic E-state index is 12.8. The largest absolute Gasteiger partial charge is 0.311 e. The van der Waals surface area contributed by atoms with Gasteiger partial charge in [0.25, 0.3) is 5.56 Å². The van der Waals surface area contributed by atoms with Crippen LogP contribution in [-0.2, 0) is 7.05 Å². The van der Waals surface area contributed by atoms with E-state index < -0.39 is 0 Å². The van der Waals surface area contributed by atoms with Gasteiger partial charge in [0, 0.05) is 29.9 Å². The van der Waals surface area contributed by atoms with E-state index in [-0.39, 0.29) is 5.56 Å². The predicted molar refractivity (Wildman–Crippen MR) is 96.6 cm³/mol. The smallest absolute Gasteiger partial charge is 0.258 e. The number of nitrogens with zero attached hydrogens (tertiary/aromatic N) is 3. The first-order valence-electron chi connectivity index (χ1n) is 7.16. The third-order valence-corrected chi connectivity index (χ3v) is 4.02. The lowest BCUT2D eigenvalue weighted by Crippen LogP contribution is -2.19. The minimum Gasteiger partial charge on any atom is -0.311 e. The Morgan fingerprint density at radius 3 is 2.70 bits per heavy atom. The summed E-state index contributed by atoms with van der Waals surface area (Å²) in [6.07, 6.45) is 1.79. The highest BCUT2D eigenvalue weighted by molar-refractivity contribution is 7.78. The van der Waals surface area contributed by atoms with Crippen molar-refractivity contribution in [1.29, 1.82) is 0 Å². The Labute approximate surface area is 139 Å². The fraction of sp³-hybridized carbons (Fsp3) is 0.167. The van der Waals surface area contributed by atoms with E-state index in [0.717, 1.165) is 27.7 Å². The van der Waals surface area contributed by atoms with Crippen LogP contribution in [0.2, 0.25) is 0 Å². The number of thiocarbonyl (C=S) groups is 1. The Hall–Kier alpha value is -2.62. The van der Waals surface area contributed by atoms with Crippen molar-refractivity contribution in [3.63, 3.8) is 0 Å². The van der Waals surface area contributed by atoms with E-state index in [1.165, 1.54) is 0 Å². The van der Waals surface area contributed by atoms with Crippen LogP contribution in [-0.4, -0.2) is 14.7 Å². The summed E-state index contributed by atoms with van der Waals surface area (Å²) < 4.78 is 1.66. The van der Waals surface area contributed by atoms with Crippen LogP contribution < -0.4 is 5.56 Å². The summed E-state index contributed by atoms with van der Waals surface area (Å²) in [5.74, 6) is 0. The first-order valence-corrected chi connectivity index (χ1v) is 7.57. The molecule has 3 rings (SSSR count). The summed E-state index contributed by atoms with van der Waals surface area (Å²) in [5, 5.41) is 3.29. The topological polar surface area (TPSA) is 47.2 Å². The third kappa shape index (κ3) is 2.72. The molecule has 0 aliphatic carbocycles. The van der Waals surface area contributed by atoms with E-state index in [9.17, 15) is 4.79 Å². The minimum absolute atomic E-state index is 0.0466. The minimum atomic E-state index is -0.0466. The number of hydrogen-bond acceptors (Lipinski definition) is 4. The molecular weight excluding hydrogens is 306 g/mol. The van der Waals surface area contributed by atoms with Crippen molar-refractivity contribution in [3.8, 4) is 11.1 Å². The lowest BCUT2D eigenvalue weighted by atomic mass is 9.99. The monoisotopic (exact) mass is 321 g/mol. The van der Waals surface area contributed by atoms with Crippen molar-refractivity contribution in [2.45, 2.75) is 13.8 Å². The average Bonchev–Trinajstić information content (AvgIpc) is 2.54. The number of aryl methyl sites for hydroxylation is 3. The zero-order chi connectivity index (χ0) is 16.6. The third-order valence-electron chi connectivity index (χ3n) is 3.93. The Kier molecular flexibility index (Phi) is 3.90. The van der Waals surface area contributed by atoms with Gasteiger partial charge in [0.05, 0.1) is 16.4 Å². The molecule has 0 bridgehead atoms. The quantitative estimate of drug-likeness (QED) is 0.530. The van der Waals surface area contributed by atoms with Gasteiger partial charge in [0.1, 0.15) is 0 Å². The molecule has 0 N–H and O–H groups in total. The van der Waals surface area contributed by atoms with Crippen molar-refractivity contribution in [3.05, 3.63) is 58.1 Å². The molecule has 0 unspecified atom stereocenters. The summed E-state index contributed by atoms with van der Waals surface area (Å²) >= 11 is 4.66. The van der Waals surface area contributed by atoms with Crippen molar-refractivity contribution in [2.75, 3.05) is 0 Å². The summed E-state index contributed by atoms with van der Waals surface area (Å²) in [4.78, 5) is 21.1. The van der Waals surface area contributed by atoms with Gasteiger partial charge in [-0.25, -0.2) is 0 Å². The predicted octanol–water partition coefficient (Wildman–Crippen LogP) is 3.95. The van der Waals surface area contributed by atoms with Crippen molar-refractivity contribution in [1.82, 2.24) is 9.55 Å².